The van der Waals surface area contributed by atoms with E-state index in [0.717, 1.165) is 41.1 Å². The van der Waals surface area contributed by atoms with Crippen molar-refractivity contribution < 1.29 is 17.8 Å². The largest absolute Gasteiger partial charge is 0.455 e. The topological polar surface area (TPSA) is 65.8 Å². The molecule has 1 saturated heterocycles. The molecule has 6 nitrogen and oxygen atoms in total. The molecule has 1 amide bonds. The Kier molecular flexibility index (Phi) is 8.11. The highest BCUT2D eigenvalue weighted by molar-refractivity contribution is 7.99. The zero-order chi connectivity index (χ0) is 27.7. The van der Waals surface area contributed by atoms with E-state index in [1.165, 1.54) is 12.1 Å². The van der Waals surface area contributed by atoms with Crippen LogP contribution in [0.5, 0.6) is 0 Å². The molecule has 5 rings (SSSR count). The molecular formula is C30H32FN3O3S2. The lowest BCUT2D eigenvalue weighted by atomic mass is 9.89. The summed E-state index contributed by atoms with van der Waals surface area (Å²) in [5, 5.41) is 3.45. The predicted molar refractivity (Wildman–Crippen MR) is 158 cm³/mol. The van der Waals surface area contributed by atoms with Gasteiger partial charge in [0.1, 0.15) is 28.1 Å². The monoisotopic (exact) mass is 565 g/mol. The number of hydrogen-bond donors (Lipinski definition) is 1. The van der Waals surface area contributed by atoms with E-state index in [9.17, 15) is 13.4 Å². The van der Waals surface area contributed by atoms with Crippen LogP contribution in [0.1, 0.15) is 40.2 Å². The van der Waals surface area contributed by atoms with Gasteiger partial charge in [0.2, 0.25) is 0 Å². The SMILES string of the molecule is CNC(=O)c1c(-c2ccc(F)cc2)oc2cc(N(C)SC)c(C3CCCN(S(=O)c4ccccc4C)C3)cc12. The molecule has 1 N–H and O–H groups in total. The minimum atomic E-state index is -1.26. The molecule has 1 aliphatic rings. The number of carbonyl (C=O) groups excluding carboxylic acids is 1. The summed E-state index contributed by atoms with van der Waals surface area (Å²) in [5.74, 6) is -0.101. The molecule has 0 aliphatic carbocycles. The summed E-state index contributed by atoms with van der Waals surface area (Å²) in [6, 6.07) is 17.8. The molecule has 2 atom stereocenters. The zero-order valence-electron chi connectivity index (χ0n) is 22.5. The van der Waals surface area contributed by atoms with Crippen LogP contribution in [-0.2, 0) is 11.0 Å². The van der Waals surface area contributed by atoms with Crippen LogP contribution in [0.25, 0.3) is 22.3 Å². The lowest BCUT2D eigenvalue weighted by Gasteiger charge is -2.34. The Morgan fingerprint density at radius 3 is 2.62 bits per heavy atom. The molecule has 39 heavy (non-hydrogen) atoms. The van der Waals surface area contributed by atoms with Gasteiger partial charge in [0.15, 0.2) is 0 Å². The first-order chi connectivity index (χ1) is 18.8. The second-order valence-corrected chi connectivity index (χ2v) is 12.1. The molecule has 1 aromatic heterocycles. The van der Waals surface area contributed by atoms with Crippen molar-refractivity contribution in [2.24, 2.45) is 0 Å². The normalized spacial score (nSPS) is 16.8. The molecule has 2 heterocycles. The molecule has 1 fully saturated rings. The average molecular weight is 566 g/mol. The van der Waals surface area contributed by atoms with Gasteiger partial charge in [-0.25, -0.2) is 12.9 Å². The second kappa shape index (κ2) is 11.5. The smallest absolute Gasteiger partial charge is 0.255 e. The third kappa shape index (κ3) is 5.35. The lowest BCUT2D eigenvalue weighted by molar-refractivity contribution is 0.0964. The molecule has 2 unspecified atom stereocenters. The van der Waals surface area contributed by atoms with Gasteiger partial charge in [0, 0.05) is 50.5 Å². The first-order valence-electron chi connectivity index (χ1n) is 12.9. The van der Waals surface area contributed by atoms with Crippen molar-refractivity contribution in [3.05, 3.63) is 83.2 Å². The molecule has 0 spiro atoms. The van der Waals surface area contributed by atoms with Gasteiger partial charge in [-0.15, -0.1) is 0 Å². The van der Waals surface area contributed by atoms with Gasteiger partial charge in [-0.2, -0.15) is 0 Å². The summed E-state index contributed by atoms with van der Waals surface area (Å²) in [5.41, 5.74) is 4.74. The maximum atomic E-state index is 13.6. The van der Waals surface area contributed by atoms with Crippen LogP contribution in [0.2, 0.25) is 0 Å². The van der Waals surface area contributed by atoms with Gasteiger partial charge in [-0.1, -0.05) is 30.1 Å². The molecule has 0 saturated carbocycles. The maximum Gasteiger partial charge on any atom is 0.255 e. The van der Waals surface area contributed by atoms with E-state index < -0.39 is 11.0 Å². The van der Waals surface area contributed by atoms with Gasteiger partial charge in [0.25, 0.3) is 5.91 Å². The van der Waals surface area contributed by atoms with Crippen molar-refractivity contribution >= 4 is 45.5 Å². The number of anilines is 1. The minimum Gasteiger partial charge on any atom is -0.455 e. The number of aryl methyl sites for hydroxylation is 1. The molecule has 1 aliphatic heterocycles. The molecule has 0 bridgehead atoms. The zero-order valence-corrected chi connectivity index (χ0v) is 24.1. The predicted octanol–water partition coefficient (Wildman–Crippen LogP) is 6.52. The summed E-state index contributed by atoms with van der Waals surface area (Å²) in [7, 11) is 2.34. The van der Waals surface area contributed by atoms with E-state index in [4.69, 9.17) is 4.42 Å². The molecule has 4 aromatic rings. The van der Waals surface area contributed by atoms with Crippen LogP contribution in [0.3, 0.4) is 0 Å². The van der Waals surface area contributed by atoms with Crippen molar-refractivity contribution in [3.8, 4) is 11.3 Å². The number of halogens is 1. The van der Waals surface area contributed by atoms with E-state index in [-0.39, 0.29) is 17.6 Å². The first-order valence-corrected chi connectivity index (χ1v) is 15.2. The van der Waals surface area contributed by atoms with E-state index in [2.05, 4.69) is 20.0 Å². The van der Waals surface area contributed by atoms with E-state index >= 15 is 0 Å². The van der Waals surface area contributed by atoms with E-state index in [0.29, 0.717) is 34.4 Å². The number of piperidine rings is 1. The quantitative estimate of drug-likeness (QED) is 0.258. The Labute approximate surface area is 235 Å². The second-order valence-electron chi connectivity index (χ2n) is 9.72. The van der Waals surface area contributed by atoms with Gasteiger partial charge in [0.05, 0.1) is 16.1 Å². The Hall–Kier alpha value is -3.14. The van der Waals surface area contributed by atoms with Gasteiger partial charge in [-0.05, 0) is 73.2 Å². The Balaban J connectivity index is 1.61. The van der Waals surface area contributed by atoms with Crippen molar-refractivity contribution in [1.82, 2.24) is 9.62 Å². The van der Waals surface area contributed by atoms with Crippen molar-refractivity contribution in [1.29, 1.82) is 0 Å². The number of rotatable bonds is 7. The molecular weight excluding hydrogens is 533 g/mol. The number of nitrogens with zero attached hydrogens (tertiary/aromatic N) is 2. The highest BCUT2D eigenvalue weighted by Gasteiger charge is 2.30. The summed E-state index contributed by atoms with van der Waals surface area (Å²) in [6.07, 6.45) is 3.87. The van der Waals surface area contributed by atoms with Crippen LogP contribution >= 0.6 is 11.9 Å². The van der Waals surface area contributed by atoms with Crippen LogP contribution in [-0.4, -0.2) is 47.9 Å². The van der Waals surface area contributed by atoms with Gasteiger partial charge >= 0.3 is 0 Å². The van der Waals surface area contributed by atoms with Crippen LogP contribution < -0.4 is 9.62 Å². The lowest BCUT2D eigenvalue weighted by Crippen LogP contribution is -2.36. The van der Waals surface area contributed by atoms with Crippen molar-refractivity contribution in [2.45, 2.75) is 30.6 Å². The summed E-state index contributed by atoms with van der Waals surface area (Å²) < 4.78 is 37.7. The number of hydrogen-bond acceptors (Lipinski definition) is 5. The third-order valence-corrected chi connectivity index (χ3v) is 9.73. The molecule has 0 radical (unpaired) electrons. The van der Waals surface area contributed by atoms with Crippen LogP contribution in [0, 0.1) is 12.7 Å². The van der Waals surface area contributed by atoms with Crippen LogP contribution in [0.4, 0.5) is 10.1 Å². The van der Waals surface area contributed by atoms with E-state index in [1.807, 2.05) is 50.6 Å². The van der Waals surface area contributed by atoms with Gasteiger partial charge in [-0.3, -0.25) is 4.79 Å². The molecule has 204 valence electrons. The van der Waals surface area contributed by atoms with Crippen LogP contribution in [0.15, 0.2) is 70.0 Å². The molecule has 3 aromatic carbocycles. The van der Waals surface area contributed by atoms with Crippen molar-refractivity contribution in [3.63, 3.8) is 0 Å². The van der Waals surface area contributed by atoms with E-state index in [1.54, 1.807) is 31.1 Å². The maximum absolute atomic E-state index is 13.6. The number of nitrogens with one attached hydrogen (secondary N) is 1. The Bertz CT molecular complexity index is 1540. The fourth-order valence-corrected chi connectivity index (χ4v) is 7.02. The van der Waals surface area contributed by atoms with Crippen molar-refractivity contribution in [2.75, 3.05) is 37.7 Å². The number of carbonyl (C=O) groups is 1. The minimum absolute atomic E-state index is 0.113. The standard InChI is InChI=1S/C30H32FN3O3S2/c1-19-8-5-6-10-27(19)39(36)34-15-7-9-21(18-34)23-16-24-26(17-25(23)33(3)38-4)37-29(28(24)30(35)32-2)20-11-13-22(31)14-12-20/h5-6,8,10-14,16-17,21H,7,9,15,18H2,1-4H3,(H,32,35). The summed E-state index contributed by atoms with van der Waals surface area (Å²) >= 11 is 1.59. The fourth-order valence-electron chi connectivity index (χ4n) is 5.24. The fraction of sp³-hybridized carbons (Fsp3) is 0.300. The number of amides is 1. The molecule has 9 heteroatoms. The average Bonchev–Trinajstić information content (AvgIpc) is 3.34. The summed E-state index contributed by atoms with van der Waals surface area (Å²) in [4.78, 5) is 14.0. The highest BCUT2D eigenvalue weighted by Crippen LogP contribution is 2.42. The first kappa shape index (κ1) is 27.4. The Morgan fingerprint density at radius 2 is 1.92 bits per heavy atom. The van der Waals surface area contributed by atoms with Gasteiger partial charge < -0.3 is 14.0 Å². The Morgan fingerprint density at radius 1 is 1.18 bits per heavy atom. The number of furan rings is 1. The number of benzene rings is 3. The third-order valence-electron chi connectivity index (χ3n) is 7.35. The highest BCUT2D eigenvalue weighted by atomic mass is 32.2. The number of fused-ring (bicyclic) bond motifs is 1. The summed E-state index contributed by atoms with van der Waals surface area (Å²) in [6.45, 7) is 3.39.